The number of amides is 1. The summed E-state index contributed by atoms with van der Waals surface area (Å²) in [5.74, 6) is 0.728. The maximum atomic E-state index is 11.8. The Kier molecular flexibility index (Phi) is 14.8. The minimum absolute atomic E-state index is 0.0697. The van der Waals surface area contributed by atoms with Gasteiger partial charge in [0.15, 0.2) is 0 Å². The number of esters is 1. The van der Waals surface area contributed by atoms with Crippen molar-refractivity contribution in [2.24, 2.45) is 0 Å². The standard InChI is InChI=1S/C21H39NO3S/c1-2-3-4-5-6-7-8-9-10-11-12-13-14-15-16-25-21(24)19-17-26-18-20(23)22-19/h19H,2-18H2,1H3,(H,22,23). The zero-order valence-electron chi connectivity index (χ0n) is 16.7. The molecule has 0 saturated carbocycles. The Morgan fingerprint density at radius 1 is 0.923 bits per heavy atom. The largest absolute Gasteiger partial charge is 0.464 e. The summed E-state index contributed by atoms with van der Waals surface area (Å²) in [6.45, 7) is 2.75. The van der Waals surface area contributed by atoms with Gasteiger partial charge in [-0.1, -0.05) is 90.4 Å². The first kappa shape index (κ1) is 23.3. The first-order chi connectivity index (χ1) is 12.7. The molecule has 0 aliphatic carbocycles. The lowest BCUT2D eigenvalue weighted by Gasteiger charge is -2.21. The van der Waals surface area contributed by atoms with Crippen LogP contribution in [0.15, 0.2) is 0 Å². The van der Waals surface area contributed by atoms with Gasteiger partial charge in [0.1, 0.15) is 6.04 Å². The number of carbonyl (C=O) groups excluding carboxylic acids is 2. The van der Waals surface area contributed by atoms with Crippen molar-refractivity contribution in [1.82, 2.24) is 5.32 Å². The van der Waals surface area contributed by atoms with Gasteiger partial charge in [-0.25, -0.2) is 4.79 Å². The van der Waals surface area contributed by atoms with E-state index in [1.54, 1.807) is 0 Å². The fourth-order valence-corrected chi connectivity index (χ4v) is 4.09. The average molecular weight is 386 g/mol. The smallest absolute Gasteiger partial charge is 0.329 e. The molecular formula is C21H39NO3S. The van der Waals surface area contributed by atoms with Crippen LogP contribution >= 0.6 is 11.8 Å². The Hall–Kier alpha value is -0.710. The van der Waals surface area contributed by atoms with Crippen molar-refractivity contribution in [2.45, 2.75) is 103 Å². The second-order valence-corrected chi connectivity index (χ2v) is 8.43. The highest BCUT2D eigenvalue weighted by Gasteiger charge is 2.26. The Labute approximate surface area is 164 Å². The summed E-state index contributed by atoms with van der Waals surface area (Å²) < 4.78 is 5.27. The summed E-state index contributed by atoms with van der Waals surface area (Å²) in [7, 11) is 0. The molecule has 26 heavy (non-hydrogen) atoms. The van der Waals surface area contributed by atoms with E-state index in [9.17, 15) is 9.59 Å². The summed E-state index contributed by atoms with van der Waals surface area (Å²) in [6.07, 6.45) is 18.5. The van der Waals surface area contributed by atoms with Gasteiger partial charge in [0.25, 0.3) is 0 Å². The van der Waals surface area contributed by atoms with Gasteiger partial charge in [-0.2, -0.15) is 0 Å². The molecule has 4 nitrogen and oxygen atoms in total. The maximum absolute atomic E-state index is 11.8. The molecule has 152 valence electrons. The van der Waals surface area contributed by atoms with Crippen LogP contribution in [-0.4, -0.2) is 36.0 Å². The molecule has 0 aromatic rings. The number of hydrogen-bond donors (Lipinski definition) is 1. The first-order valence-electron chi connectivity index (χ1n) is 10.8. The summed E-state index contributed by atoms with van der Waals surface area (Å²) in [5.41, 5.74) is 0. The Balaban J connectivity index is 1.78. The number of hydrogen-bond acceptors (Lipinski definition) is 4. The zero-order valence-corrected chi connectivity index (χ0v) is 17.5. The molecule has 1 amide bonds. The molecule has 1 fully saturated rings. The molecule has 0 aromatic carbocycles. The number of rotatable bonds is 16. The third kappa shape index (κ3) is 12.6. The predicted octanol–water partition coefficient (Wildman–Crippen LogP) is 5.24. The number of thioether (sulfide) groups is 1. The van der Waals surface area contributed by atoms with E-state index in [-0.39, 0.29) is 11.9 Å². The van der Waals surface area contributed by atoms with Crippen molar-refractivity contribution in [1.29, 1.82) is 0 Å². The highest BCUT2D eigenvalue weighted by Crippen LogP contribution is 2.13. The Morgan fingerprint density at radius 3 is 1.92 bits per heavy atom. The van der Waals surface area contributed by atoms with Gasteiger partial charge >= 0.3 is 5.97 Å². The molecule has 0 radical (unpaired) electrons. The Morgan fingerprint density at radius 2 is 1.42 bits per heavy atom. The van der Waals surface area contributed by atoms with Crippen LogP contribution in [0.3, 0.4) is 0 Å². The summed E-state index contributed by atoms with van der Waals surface area (Å²) in [6, 6.07) is -0.451. The molecule has 0 aromatic heterocycles. The number of carbonyl (C=O) groups is 2. The van der Waals surface area contributed by atoms with Gasteiger partial charge < -0.3 is 10.1 Å². The van der Waals surface area contributed by atoms with Crippen LogP contribution in [0.2, 0.25) is 0 Å². The van der Waals surface area contributed by atoms with Crippen molar-refractivity contribution in [3.63, 3.8) is 0 Å². The van der Waals surface area contributed by atoms with E-state index in [1.807, 2.05) is 0 Å². The quantitative estimate of drug-likeness (QED) is 0.291. The highest BCUT2D eigenvalue weighted by molar-refractivity contribution is 8.00. The molecule has 1 saturated heterocycles. The topological polar surface area (TPSA) is 55.4 Å². The third-order valence-corrected chi connectivity index (χ3v) is 5.91. The van der Waals surface area contributed by atoms with Gasteiger partial charge in [0.2, 0.25) is 5.91 Å². The van der Waals surface area contributed by atoms with Crippen LogP contribution in [0.4, 0.5) is 0 Å². The van der Waals surface area contributed by atoms with Crippen molar-refractivity contribution in [3.05, 3.63) is 0 Å². The van der Waals surface area contributed by atoms with Gasteiger partial charge in [-0.05, 0) is 6.42 Å². The predicted molar refractivity (Wildman–Crippen MR) is 111 cm³/mol. The fourth-order valence-electron chi connectivity index (χ4n) is 3.24. The summed E-state index contributed by atoms with van der Waals surface area (Å²) in [4.78, 5) is 23.1. The molecule has 1 aliphatic rings. The van der Waals surface area contributed by atoms with Crippen LogP contribution in [0, 0.1) is 0 Å². The average Bonchev–Trinajstić information content (AvgIpc) is 2.64. The van der Waals surface area contributed by atoms with E-state index in [0.717, 1.165) is 12.8 Å². The fraction of sp³-hybridized carbons (Fsp3) is 0.905. The van der Waals surface area contributed by atoms with Gasteiger partial charge in [-0.15, -0.1) is 11.8 Å². The number of ether oxygens (including phenoxy) is 1. The zero-order chi connectivity index (χ0) is 18.9. The van der Waals surface area contributed by atoms with E-state index in [4.69, 9.17) is 4.74 Å². The van der Waals surface area contributed by atoms with Crippen LogP contribution in [-0.2, 0) is 14.3 Å². The van der Waals surface area contributed by atoms with E-state index in [1.165, 1.54) is 88.8 Å². The molecule has 1 atom stereocenters. The molecular weight excluding hydrogens is 346 g/mol. The lowest BCUT2D eigenvalue weighted by Crippen LogP contribution is -2.47. The van der Waals surface area contributed by atoms with Crippen LogP contribution in [0.25, 0.3) is 0 Å². The molecule has 1 rings (SSSR count). The van der Waals surface area contributed by atoms with Crippen LogP contribution in [0.5, 0.6) is 0 Å². The molecule has 1 N–H and O–H groups in total. The third-order valence-electron chi connectivity index (χ3n) is 4.88. The Bertz CT molecular complexity index is 376. The summed E-state index contributed by atoms with van der Waals surface area (Å²) >= 11 is 1.49. The minimum Gasteiger partial charge on any atom is -0.464 e. The van der Waals surface area contributed by atoms with Crippen molar-refractivity contribution < 1.29 is 14.3 Å². The van der Waals surface area contributed by atoms with Crippen LogP contribution in [0.1, 0.15) is 96.8 Å². The molecule has 1 aliphatic heterocycles. The molecule has 1 heterocycles. The van der Waals surface area contributed by atoms with E-state index in [2.05, 4.69) is 12.2 Å². The molecule has 0 bridgehead atoms. The lowest BCUT2D eigenvalue weighted by atomic mass is 10.0. The van der Waals surface area contributed by atoms with Crippen molar-refractivity contribution in [3.8, 4) is 0 Å². The second-order valence-electron chi connectivity index (χ2n) is 7.40. The normalized spacial score (nSPS) is 17.1. The SMILES string of the molecule is CCCCCCCCCCCCCCCCOC(=O)C1CSCC(=O)N1. The van der Waals surface area contributed by atoms with E-state index < -0.39 is 6.04 Å². The van der Waals surface area contributed by atoms with Gasteiger partial charge in [0, 0.05) is 5.75 Å². The summed E-state index contributed by atoms with van der Waals surface area (Å²) in [5, 5.41) is 2.68. The second kappa shape index (κ2) is 16.5. The first-order valence-corrected chi connectivity index (χ1v) is 11.9. The monoisotopic (exact) mass is 385 g/mol. The number of unbranched alkanes of at least 4 members (excludes halogenated alkanes) is 13. The van der Waals surface area contributed by atoms with Gasteiger partial charge in [-0.3, -0.25) is 4.79 Å². The highest BCUT2D eigenvalue weighted by atomic mass is 32.2. The van der Waals surface area contributed by atoms with Crippen LogP contribution < -0.4 is 5.32 Å². The van der Waals surface area contributed by atoms with E-state index >= 15 is 0 Å². The number of nitrogens with one attached hydrogen (secondary N) is 1. The maximum Gasteiger partial charge on any atom is 0.329 e. The minimum atomic E-state index is -0.451. The molecule has 1 unspecified atom stereocenters. The van der Waals surface area contributed by atoms with E-state index in [0.29, 0.717) is 18.1 Å². The van der Waals surface area contributed by atoms with Crippen molar-refractivity contribution >= 4 is 23.6 Å². The van der Waals surface area contributed by atoms with Crippen molar-refractivity contribution in [2.75, 3.05) is 18.1 Å². The van der Waals surface area contributed by atoms with Gasteiger partial charge in [0.05, 0.1) is 12.4 Å². The lowest BCUT2D eigenvalue weighted by molar-refractivity contribution is -0.147. The molecule has 5 heteroatoms. The molecule has 0 spiro atoms.